The van der Waals surface area contributed by atoms with Crippen LogP contribution in [0.1, 0.15) is 24.0 Å². The quantitative estimate of drug-likeness (QED) is 0.756. The Morgan fingerprint density at radius 1 is 1.25 bits per heavy atom. The Hall–Kier alpha value is -2.87. The van der Waals surface area contributed by atoms with E-state index in [2.05, 4.69) is 9.71 Å². The minimum Gasteiger partial charge on any atom is -0.506 e. The molecule has 0 spiro atoms. The molecule has 0 saturated carbocycles. The highest BCUT2D eigenvalue weighted by Gasteiger charge is 2.35. The summed E-state index contributed by atoms with van der Waals surface area (Å²) in [5.74, 6) is -0.0845. The van der Waals surface area contributed by atoms with Gasteiger partial charge in [0.2, 0.25) is 5.91 Å². The first-order chi connectivity index (χ1) is 13.3. The first-order valence-electron chi connectivity index (χ1n) is 9.15. The molecule has 7 nitrogen and oxygen atoms in total. The summed E-state index contributed by atoms with van der Waals surface area (Å²) in [5, 5.41) is 12.8. The molecule has 2 aliphatic heterocycles. The van der Waals surface area contributed by atoms with Crippen molar-refractivity contribution in [3.8, 4) is 5.75 Å². The number of sulfonamides is 1. The summed E-state index contributed by atoms with van der Waals surface area (Å²) in [6.45, 7) is 2.88. The number of piperidine rings is 1. The lowest BCUT2D eigenvalue weighted by Gasteiger charge is -2.33. The average Bonchev–Trinajstić information content (AvgIpc) is 2.96. The van der Waals surface area contributed by atoms with Crippen LogP contribution in [0.2, 0.25) is 0 Å². The van der Waals surface area contributed by atoms with Crippen LogP contribution in [0.3, 0.4) is 0 Å². The van der Waals surface area contributed by atoms with Crippen molar-refractivity contribution in [1.82, 2.24) is 4.90 Å². The number of anilines is 1. The highest BCUT2D eigenvalue weighted by molar-refractivity contribution is 7.90. The Labute approximate surface area is 163 Å². The van der Waals surface area contributed by atoms with Gasteiger partial charge in [0, 0.05) is 18.7 Å². The van der Waals surface area contributed by atoms with Gasteiger partial charge >= 0.3 is 0 Å². The van der Waals surface area contributed by atoms with Gasteiger partial charge in [0.15, 0.2) is 5.84 Å². The fraction of sp³-hybridized carbons (Fsp3) is 0.300. The lowest BCUT2D eigenvalue weighted by atomic mass is 9.96. The van der Waals surface area contributed by atoms with Gasteiger partial charge in [-0.15, -0.1) is 4.40 Å². The summed E-state index contributed by atoms with van der Waals surface area (Å²) in [7, 11) is -3.69. The van der Waals surface area contributed by atoms with Gasteiger partial charge in [0.05, 0.1) is 11.6 Å². The zero-order chi connectivity index (χ0) is 19.9. The van der Waals surface area contributed by atoms with Gasteiger partial charge in [-0.3, -0.25) is 4.79 Å². The third kappa shape index (κ3) is 3.35. The van der Waals surface area contributed by atoms with E-state index in [1.54, 1.807) is 36.4 Å². The standard InChI is InChI=1S/C20H21N3O4S/c1-13-8-9-16(17(24)11-13)21-20(25)14-5-4-10-23(12-14)19-15-6-2-3-7-18(15)28(26,27)22-19/h2-3,6-9,11,14,24H,4-5,10,12H2,1H3,(H,21,25)/t14-/m0/s1. The molecule has 0 radical (unpaired) electrons. The van der Waals surface area contributed by atoms with E-state index in [0.29, 0.717) is 36.6 Å². The van der Waals surface area contributed by atoms with E-state index < -0.39 is 10.0 Å². The molecule has 1 fully saturated rings. The second kappa shape index (κ2) is 6.94. The zero-order valence-corrected chi connectivity index (χ0v) is 16.2. The van der Waals surface area contributed by atoms with Crippen LogP contribution in [0.5, 0.6) is 5.75 Å². The predicted octanol–water partition coefficient (Wildman–Crippen LogP) is 2.50. The van der Waals surface area contributed by atoms with E-state index in [1.165, 1.54) is 0 Å². The number of phenols is 1. The summed E-state index contributed by atoms with van der Waals surface area (Å²) in [5.41, 5.74) is 1.86. The van der Waals surface area contributed by atoms with Gasteiger partial charge in [-0.1, -0.05) is 18.2 Å². The van der Waals surface area contributed by atoms with Gasteiger partial charge < -0.3 is 15.3 Å². The molecule has 2 N–H and O–H groups in total. The largest absolute Gasteiger partial charge is 0.506 e. The zero-order valence-electron chi connectivity index (χ0n) is 15.4. The van der Waals surface area contributed by atoms with Crippen LogP contribution in [0.25, 0.3) is 0 Å². The van der Waals surface area contributed by atoms with Crippen molar-refractivity contribution in [1.29, 1.82) is 0 Å². The van der Waals surface area contributed by atoms with Gasteiger partial charge in [-0.25, -0.2) is 0 Å². The second-order valence-electron chi connectivity index (χ2n) is 7.18. The normalized spacial score (nSPS) is 20.4. The smallest absolute Gasteiger partial charge is 0.285 e. The summed E-state index contributed by atoms with van der Waals surface area (Å²) in [6, 6.07) is 11.8. The molecule has 2 aromatic carbocycles. The lowest BCUT2D eigenvalue weighted by molar-refractivity contribution is -0.121. The summed E-state index contributed by atoms with van der Waals surface area (Å²) in [4.78, 5) is 14.8. The molecule has 2 aromatic rings. The Morgan fingerprint density at radius 2 is 2.04 bits per heavy atom. The molecular weight excluding hydrogens is 378 g/mol. The number of nitrogens with one attached hydrogen (secondary N) is 1. The number of fused-ring (bicyclic) bond motifs is 1. The Kier molecular flexibility index (Phi) is 4.58. The number of benzene rings is 2. The molecule has 0 bridgehead atoms. The minimum atomic E-state index is -3.69. The van der Waals surface area contributed by atoms with Crippen LogP contribution < -0.4 is 5.32 Å². The topological polar surface area (TPSA) is 99.1 Å². The molecule has 28 heavy (non-hydrogen) atoms. The van der Waals surface area contributed by atoms with Crippen LogP contribution >= 0.6 is 0 Å². The van der Waals surface area contributed by atoms with E-state index in [4.69, 9.17) is 0 Å². The van der Waals surface area contributed by atoms with Crippen molar-refractivity contribution in [2.24, 2.45) is 10.3 Å². The maximum Gasteiger partial charge on any atom is 0.285 e. The first-order valence-corrected chi connectivity index (χ1v) is 10.6. The van der Waals surface area contributed by atoms with Crippen molar-refractivity contribution in [2.45, 2.75) is 24.7 Å². The van der Waals surface area contributed by atoms with Crippen molar-refractivity contribution >= 4 is 27.5 Å². The summed E-state index contributed by atoms with van der Waals surface area (Å²) in [6.07, 6.45) is 1.44. The molecule has 146 valence electrons. The third-order valence-electron chi connectivity index (χ3n) is 5.12. The third-order valence-corrected chi connectivity index (χ3v) is 6.44. The second-order valence-corrected chi connectivity index (χ2v) is 8.75. The first kappa shape index (κ1) is 18.5. The molecule has 0 aliphatic carbocycles. The van der Waals surface area contributed by atoms with E-state index >= 15 is 0 Å². The van der Waals surface area contributed by atoms with Gasteiger partial charge in [-0.05, 0) is 49.6 Å². The van der Waals surface area contributed by atoms with Crippen molar-refractivity contribution < 1.29 is 18.3 Å². The molecular formula is C20H21N3O4S. The SMILES string of the molecule is Cc1ccc(NC(=O)[C@H]2CCCN(C3=NS(=O)(=O)c4ccccc43)C2)c(O)c1. The van der Waals surface area contributed by atoms with E-state index in [9.17, 15) is 18.3 Å². The van der Waals surface area contributed by atoms with Gasteiger partial charge in [0.1, 0.15) is 10.6 Å². The van der Waals surface area contributed by atoms with Gasteiger partial charge in [0.25, 0.3) is 10.0 Å². The number of nitrogens with zero attached hydrogens (tertiary/aromatic N) is 2. The summed E-state index contributed by atoms with van der Waals surface area (Å²) < 4.78 is 28.6. The van der Waals surface area contributed by atoms with Crippen molar-refractivity contribution in [3.63, 3.8) is 0 Å². The molecule has 2 aliphatic rings. The molecule has 1 amide bonds. The maximum absolute atomic E-state index is 12.7. The number of likely N-dealkylation sites (tertiary alicyclic amines) is 1. The fourth-order valence-electron chi connectivity index (χ4n) is 3.68. The highest BCUT2D eigenvalue weighted by atomic mass is 32.2. The Balaban J connectivity index is 1.53. The number of hydrogen-bond acceptors (Lipinski definition) is 5. The van der Waals surface area contributed by atoms with E-state index in [1.807, 2.05) is 17.9 Å². The number of phenolic OH excluding ortho intramolecular Hbond substituents is 1. The number of aromatic hydroxyl groups is 1. The number of amidine groups is 1. The van der Waals surface area contributed by atoms with Crippen LogP contribution in [0.15, 0.2) is 51.8 Å². The molecule has 0 aromatic heterocycles. The Morgan fingerprint density at radius 3 is 2.82 bits per heavy atom. The fourth-order valence-corrected chi connectivity index (χ4v) is 4.91. The van der Waals surface area contributed by atoms with Crippen molar-refractivity contribution in [3.05, 3.63) is 53.6 Å². The molecule has 1 saturated heterocycles. The minimum absolute atomic E-state index is 0.0289. The molecule has 4 rings (SSSR count). The van der Waals surface area contributed by atoms with Crippen LogP contribution in [-0.2, 0) is 14.8 Å². The number of hydrogen-bond donors (Lipinski definition) is 2. The number of carbonyl (C=O) groups is 1. The molecule has 2 heterocycles. The highest BCUT2D eigenvalue weighted by Crippen LogP contribution is 2.30. The van der Waals surface area contributed by atoms with E-state index in [0.717, 1.165) is 12.0 Å². The summed E-state index contributed by atoms with van der Waals surface area (Å²) >= 11 is 0. The molecule has 0 unspecified atom stereocenters. The van der Waals surface area contributed by atoms with Gasteiger partial charge in [-0.2, -0.15) is 8.42 Å². The average molecular weight is 399 g/mol. The Bertz CT molecular complexity index is 1080. The number of aryl methyl sites for hydroxylation is 1. The van der Waals surface area contributed by atoms with Crippen LogP contribution in [0, 0.1) is 12.8 Å². The van der Waals surface area contributed by atoms with Crippen LogP contribution in [0.4, 0.5) is 5.69 Å². The predicted molar refractivity (Wildman–Crippen MR) is 106 cm³/mol. The lowest BCUT2D eigenvalue weighted by Crippen LogP contribution is -2.43. The van der Waals surface area contributed by atoms with Crippen LogP contribution in [-0.4, -0.2) is 43.3 Å². The number of rotatable bonds is 2. The van der Waals surface area contributed by atoms with Crippen molar-refractivity contribution in [2.75, 3.05) is 18.4 Å². The number of amides is 1. The molecule has 1 atom stereocenters. The number of carbonyl (C=O) groups excluding carboxylic acids is 1. The monoisotopic (exact) mass is 399 g/mol. The van der Waals surface area contributed by atoms with E-state index in [-0.39, 0.29) is 22.5 Å². The molecule has 8 heteroatoms. The maximum atomic E-state index is 12.7.